The van der Waals surface area contributed by atoms with Gasteiger partial charge in [0.25, 0.3) is 0 Å². The number of nitrogens with zero attached hydrogens (tertiary/aromatic N) is 1. The molecule has 0 unspecified atom stereocenters. The SMILES string of the molecule is CC(C)Oc1ccc(C(=O)CC#N)cc1. The summed E-state index contributed by atoms with van der Waals surface area (Å²) >= 11 is 0. The highest BCUT2D eigenvalue weighted by atomic mass is 16.5. The molecule has 0 heterocycles. The van der Waals surface area contributed by atoms with Crippen molar-refractivity contribution in [2.45, 2.75) is 26.4 Å². The van der Waals surface area contributed by atoms with Crippen molar-refractivity contribution in [3.63, 3.8) is 0 Å². The minimum absolute atomic E-state index is 0.0790. The molecule has 0 aliphatic heterocycles. The third-order valence-corrected chi connectivity index (χ3v) is 1.79. The van der Waals surface area contributed by atoms with Crippen LogP contribution in [0.2, 0.25) is 0 Å². The summed E-state index contributed by atoms with van der Waals surface area (Å²) in [6.45, 7) is 3.88. The number of hydrogen-bond acceptors (Lipinski definition) is 3. The van der Waals surface area contributed by atoms with Crippen LogP contribution in [-0.2, 0) is 0 Å². The highest BCUT2D eigenvalue weighted by Gasteiger charge is 2.05. The van der Waals surface area contributed by atoms with Crippen molar-refractivity contribution in [3.05, 3.63) is 29.8 Å². The van der Waals surface area contributed by atoms with Crippen LogP contribution in [0.5, 0.6) is 5.75 Å². The summed E-state index contributed by atoms with van der Waals surface area (Å²) in [7, 11) is 0. The number of benzene rings is 1. The molecule has 1 aromatic carbocycles. The zero-order valence-corrected chi connectivity index (χ0v) is 8.86. The van der Waals surface area contributed by atoms with E-state index in [1.165, 1.54) is 0 Å². The zero-order valence-electron chi connectivity index (χ0n) is 8.86. The molecule has 15 heavy (non-hydrogen) atoms. The van der Waals surface area contributed by atoms with E-state index in [0.29, 0.717) is 5.56 Å². The van der Waals surface area contributed by atoms with Gasteiger partial charge < -0.3 is 4.74 Å². The number of hydrogen-bond donors (Lipinski definition) is 0. The van der Waals surface area contributed by atoms with Crippen LogP contribution < -0.4 is 4.74 Å². The van der Waals surface area contributed by atoms with E-state index in [-0.39, 0.29) is 18.3 Å². The van der Waals surface area contributed by atoms with Crippen molar-refractivity contribution in [1.29, 1.82) is 5.26 Å². The van der Waals surface area contributed by atoms with Gasteiger partial charge in [-0.25, -0.2) is 0 Å². The highest BCUT2D eigenvalue weighted by Crippen LogP contribution is 2.14. The molecule has 0 fully saturated rings. The summed E-state index contributed by atoms with van der Waals surface area (Å²) in [5.41, 5.74) is 0.549. The Morgan fingerprint density at radius 2 is 2.00 bits per heavy atom. The summed E-state index contributed by atoms with van der Waals surface area (Å²) in [4.78, 5) is 11.3. The van der Waals surface area contributed by atoms with E-state index >= 15 is 0 Å². The van der Waals surface area contributed by atoms with Gasteiger partial charge in [0.05, 0.1) is 18.6 Å². The summed E-state index contributed by atoms with van der Waals surface area (Å²) in [5.74, 6) is 0.576. The van der Waals surface area contributed by atoms with Crippen LogP contribution in [0.3, 0.4) is 0 Å². The monoisotopic (exact) mass is 203 g/mol. The van der Waals surface area contributed by atoms with Gasteiger partial charge in [-0.15, -0.1) is 0 Å². The highest BCUT2D eigenvalue weighted by molar-refractivity contribution is 5.97. The van der Waals surface area contributed by atoms with E-state index in [0.717, 1.165) is 5.75 Å². The first-order valence-corrected chi connectivity index (χ1v) is 4.80. The molecule has 0 aliphatic rings. The molecule has 3 heteroatoms. The molecule has 0 atom stereocenters. The number of Topliss-reactive ketones (excluding diaryl/α,β-unsaturated/α-hetero) is 1. The van der Waals surface area contributed by atoms with Crippen molar-refractivity contribution in [2.75, 3.05) is 0 Å². The van der Waals surface area contributed by atoms with Crippen LogP contribution >= 0.6 is 0 Å². The van der Waals surface area contributed by atoms with Gasteiger partial charge in [0.1, 0.15) is 5.75 Å². The Kier molecular flexibility index (Phi) is 3.87. The maximum absolute atomic E-state index is 11.3. The number of nitriles is 1. The fourth-order valence-electron chi connectivity index (χ4n) is 1.17. The van der Waals surface area contributed by atoms with Crippen LogP contribution in [0.25, 0.3) is 0 Å². The van der Waals surface area contributed by atoms with Gasteiger partial charge >= 0.3 is 0 Å². The first kappa shape index (κ1) is 11.3. The molecule has 0 amide bonds. The average molecular weight is 203 g/mol. The Morgan fingerprint density at radius 1 is 1.40 bits per heavy atom. The predicted molar refractivity (Wildman–Crippen MR) is 56.8 cm³/mol. The molecular weight excluding hydrogens is 190 g/mol. The fourth-order valence-corrected chi connectivity index (χ4v) is 1.17. The molecule has 0 aliphatic carbocycles. The largest absolute Gasteiger partial charge is 0.491 e. The van der Waals surface area contributed by atoms with Gasteiger partial charge in [-0.2, -0.15) is 5.26 Å². The van der Waals surface area contributed by atoms with Crippen LogP contribution in [0.4, 0.5) is 0 Å². The second-order valence-corrected chi connectivity index (χ2v) is 3.45. The van der Waals surface area contributed by atoms with E-state index in [1.54, 1.807) is 24.3 Å². The third-order valence-electron chi connectivity index (χ3n) is 1.79. The lowest BCUT2D eigenvalue weighted by molar-refractivity contribution is 0.0997. The van der Waals surface area contributed by atoms with Crippen molar-refractivity contribution in [2.24, 2.45) is 0 Å². The Bertz CT molecular complexity index is 374. The molecule has 1 aromatic rings. The van der Waals surface area contributed by atoms with Crippen molar-refractivity contribution in [3.8, 4) is 11.8 Å². The van der Waals surface area contributed by atoms with Crippen LogP contribution in [-0.4, -0.2) is 11.9 Å². The minimum atomic E-state index is -0.159. The second-order valence-electron chi connectivity index (χ2n) is 3.45. The zero-order chi connectivity index (χ0) is 11.3. The molecule has 0 bridgehead atoms. The van der Waals surface area contributed by atoms with Gasteiger partial charge in [-0.1, -0.05) is 0 Å². The Hall–Kier alpha value is -1.82. The van der Waals surface area contributed by atoms with Crippen molar-refractivity contribution in [1.82, 2.24) is 0 Å². The summed E-state index contributed by atoms with van der Waals surface area (Å²) in [6.07, 6.45) is 0.0374. The Labute approximate surface area is 89.3 Å². The van der Waals surface area contributed by atoms with E-state index in [9.17, 15) is 4.79 Å². The number of carbonyl (C=O) groups excluding carboxylic acids is 1. The molecule has 0 radical (unpaired) electrons. The first-order chi connectivity index (χ1) is 7.13. The van der Waals surface area contributed by atoms with E-state index in [2.05, 4.69) is 0 Å². The fraction of sp³-hybridized carbons (Fsp3) is 0.333. The van der Waals surface area contributed by atoms with E-state index in [1.807, 2.05) is 19.9 Å². The van der Waals surface area contributed by atoms with Gasteiger partial charge in [0.2, 0.25) is 0 Å². The number of rotatable bonds is 4. The molecule has 0 saturated carbocycles. The number of ketones is 1. The van der Waals surface area contributed by atoms with Gasteiger partial charge in [-0.05, 0) is 38.1 Å². The van der Waals surface area contributed by atoms with Crippen LogP contribution in [0.15, 0.2) is 24.3 Å². The molecule has 0 saturated heterocycles. The lowest BCUT2D eigenvalue weighted by atomic mass is 10.1. The predicted octanol–water partition coefficient (Wildman–Crippen LogP) is 2.57. The summed E-state index contributed by atoms with van der Waals surface area (Å²) < 4.78 is 5.43. The van der Waals surface area contributed by atoms with E-state index < -0.39 is 0 Å². The molecule has 3 nitrogen and oxygen atoms in total. The quantitative estimate of drug-likeness (QED) is 0.706. The normalized spacial score (nSPS) is 9.73. The van der Waals surface area contributed by atoms with Gasteiger partial charge in [0.15, 0.2) is 5.78 Å². The molecule has 0 spiro atoms. The molecule has 0 N–H and O–H groups in total. The minimum Gasteiger partial charge on any atom is -0.491 e. The van der Waals surface area contributed by atoms with E-state index in [4.69, 9.17) is 10.00 Å². The van der Waals surface area contributed by atoms with Gasteiger partial charge in [0, 0.05) is 5.56 Å². The Morgan fingerprint density at radius 3 is 2.47 bits per heavy atom. The summed E-state index contributed by atoms with van der Waals surface area (Å²) in [6, 6.07) is 8.67. The van der Waals surface area contributed by atoms with Crippen molar-refractivity contribution < 1.29 is 9.53 Å². The molecule has 0 aromatic heterocycles. The number of ether oxygens (including phenoxy) is 1. The smallest absolute Gasteiger partial charge is 0.176 e. The topological polar surface area (TPSA) is 50.1 Å². The maximum Gasteiger partial charge on any atom is 0.176 e. The lowest BCUT2D eigenvalue weighted by Gasteiger charge is -2.09. The third kappa shape index (κ3) is 3.43. The maximum atomic E-state index is 11.3. The number of carbonyl (C=O) groups is 1. The first-order valence-electron chi connectivity index (χ1n) is 4.80. The van der Waals surface area contributed by atoms with Gasteiger partial charge in [-0.3, -0.25) is 4.79 Å². The van der Waals surface area contributed by atoms with Crippen molar-refractivity contribution >= 4 is 5.78 Å². The Balaban J connectivity index is 2.73. The summed E-state index contributed by atoms with van der Waals surface area (Å²) in [5, 5.41) is 8.38. The molecule has 78 valence electrons. The standard InChI is InChI=1S/C12H13NO2/c1-9(2)15-11-5-3-10(4-6-11)12(14)7-8-13/h3-6,9H,7H2,1-2H3. The second kappa shape index (κ2) is 5.16. The van der Waals surface area contributed by atoms with Crippen LogP contribution in [0.1, 0.15) is 30.6 Å². The molecule has 1 rings (SSSR count). The lowest BCUT2D eigenvalue weighted by Crippen LogP contribution is -2.05. The van der Waals surface area contributed by atoms with Crippen LogP contribution in [0, 0.1) is 11.3 Å². The molecular formula is C12H13NO2. The average Bonchev–Trinajstić information content (AvgIpc) is 2.18.